The molecule has 0 aliphatic heterocycles. The van der Waals surface area contributed by atoms with Gasteiger partial charge < -0.3 is 9.73 Å². The van der Waals surface area contributed by atoms with Crippen molar-refractivity contribution in [1.29, 1.82) is 0 Å². The standard InChI is InChI=1S/C17H18N2O/c1-11-10-15(13(3)20-11)12(2)19-17-8-9-18-16-7-5-4-6-14(16)17/h4-10,12H,1-3H3,(H,18,19). The maximum absolute atomic E-state index is 5.61. The third-order valence-corrected chi connectivity index (χ3v) is 3.57. The quantitative estimate of drug-likeness (QED) is 0.751. The van der Waals surface area contributed by atoms with Crippen LogP contribution < -0.4 is 5.32 Å². The van der Waals surface area contributed by atoms with E-state index in [0.717, 1.165) is 28.1 Å². The van der Waals surface area contributed by atoms with Crippen molar-refractivity contribution in [2.75, 3.05) is 5.32 Å². The van der Waals surface area contributed by atoms with Crippen molar-refractivity contribution in [2.24, 2.45) is 0 Å². The van der Waals surface area contributed by atoms with Gasteiger partial charge in [-0.05, 0) is 39.0 Å². The Morgan fingerprint density at radius 1 is 1.15 bits per heavy atom. The molecule has 102 valence electrons. The number of pyridine rings is 1. The van der Waals surface area contributed by atoms with Crippen LogP contribution in [0.15, 0.2) is 47.0 Å². The molecule has 0 fully saturated rings. The van der Waals surface area contributed by atoms with Crippen LogP contribution in [0.25, 0.3) is 10.9 Å². The summed E-state index contributed by atoms with van der Waals surface area (Å²) in [5, 5.41) is 4.69. The molecule has 1 unspecified atom stereocenters. The monoisotopic (exact) mass is 266 g/mol. The van der Waals surface area contributed by atoms with Gasteiger partial charge in [0.2, 0.25) is 0 Å². The average Bonchev–Trinajstić information content (AvgIpc) is 2.78. The molecule has 0 saturated heterocycles. The zero-order chi connectivity index (χ0) is 14.1. The van der Waals surface area contributed by atoms with Gasteiger partial charge in [0.1, 0.15) is 11.5 Å². The molecule has 1 N–H and O–H groups in total. The number of aryl methyl sites for hydroxylation is 2. The molecule has 0 radical (unpaired) electrons. The summed E-state index contributed by atoms with van der Waals surface area (Å²) < 4.78 is 5.61. The molecular weight excluding hydrogens is 248 g/mol. The van der Waals surface area contributed by atoms with Crippen molar-refractivity contribution in [2.45, 2.75) is 26.8 Å². The third-order valence-electron chi connectivity index (χ3n) is 3.57. The van der Waals surface area contributed by atoms with Crippen LogP contribution in [0.1, 0.15) is 30.0 Å². The normalized spacial score (nSPS) is 12.6. The van der Waals surface area contributed by atoms with Crippen LogP contribution in [-0.4, -0.2) is 4.98 Å². The predicted octanol–water partition coefficient (Wildman–Crippen LogP) is 4.62. The number of nitrogens with one attached hydrogen (secondary N) is 1. The van der Waals surface area contributed by atoms with Gasteiger partial charge in [-0.25, -0.2) is 0 Å². The molecule has 0 aliphatic carbocycles. The van der Waals surface area contributed by atoms with Crippen LogP contribution >= 0.6 is 0 Å². The van der Waals surface area contributed by atoms with Gasteiger partial charge in [-0.1, -0.05) is 18.2 Å². The van der Waals surface area contributed by atoms with Crippen molar-refractivity contribution >= 4 is 16.6 Å². The Hall–Kier alpha value is -2.29. The van der Waals surface area contributed by atoms with Crippen LogP contribution in [0, 0.1) is 13.8 Å². The van der Waals surface area contributed by atoms with Crippen LogP contribution in [0.3, 0.4) is 0 Å². The Bertz CT molecular complexity index is 740. The second kappa shape index (κ2) is 5.00. The van der Waals surface area contributed by atoms with E-state index in [1.54, 1.807) is 0 Å². The van der Waals surface area contributed by atoms with Crippen LogP contribution in [0.5, 0.6) is 0 Å². The fourth-order valence-electron chi connectivity index (χ4n) is 2.61. The average molecular weight is 266 g/mol. The van der Waals surface area contributed by atoms with E-state index in [1.807, 2.05) is 44.3 Å². The Balaban J connectivity index is 1.95. The molecule has 0 bridgehead atoms. The van der Waals surface area contributed by atoms with Gasteiger partial charge >= 0.3 is 0 Å². The first-order chi connectivity index (χ1) is 9.65. The SMILES string of the molecule is Cc1cc(C(C)Nc2ccnc3ccccc23)c(C)o1. The number of hydrogen-bond acceptors (Lipinski definition) is 3. The van der Waals surface area contributed by atoms with E-state index in [1.165, 1.54) is 5.56 Å². The number of para-hydroxylation sites is 1. The summed E-state index contributed by atoms with van der Waals surface area (Å²) in [6, 6.07) is 12.5. The molecule has 20 heavy (non-hydrogen) atoms. The minimum atomic E-state index is 0.193. The van der Waals surface area contributed by atoms with Gasteiger partial charge in [-0.2, -0.15) is 0 Å². The molecule has 2 heterocycles. The first-order valence-electron chi connectivity index (χ1n) is 6.82. The molecule has 0 aliphatic rings. The molecular formula is C17H18N2O. The summed E-state index contributed by atoms with van der Waals surface area (Å²) >= 11 is 0. The third kappa shape index (κ3) is 2.27. The highest BCUT2D eigenvalue weighted by Gasteiger charge is 2.13. The van der Waals surface area contributed by atoms with Crippen molar-refractivity contribution < 1.29 is 4.42 Å². The highest BCUT2D eigenvalue weighted by molar-refractivity contribution is 5.91. The van der Waals surface area contributed by atoms with E-state index in [2.05, 4.69) is 29.4 Å². The summed E-state index contributed by atoms with van der Waals surface area (Å²) in [7, 11) is 0. The zero-order valence-corrected chi connectivity index (χ0v) is 12.0. The fourth-order valence-corrected chi connectivity index (χ4v) is 2.61. The number of benzene rings is 1. The minimum Gasteiger partial charge on any atom is -0.466 e. The van der Waals surface area contributed by atoms with Gasteiger partial charge in [0.15, 0.2) is 0 Å². The second-order valence-corrected chi connectivity index (χ2v) is 5.11. The Morgan fingerprint density at radius 2 is 1.95 bits per heavy atom. The van der Waals surface area contributed by atoms with Gasteiger partial charge in [0.05, 0.1) is 11.6 Å². The lowest BCUT2D eigenvalue weighted by Gasteiger charge is -2.16. The predicted molar refractivity (Wildman–Crippen MR) is 82.0 cm³/mol. The lowest BCUT2D eigenvalue weighted by atomic mass is 10.1. The number of anilines is 1. The van der Waals surface area contributed by atoms with Crippen LogP contribution in [-0.2, 0) is 0 Å². The van der Waals surface area contributed by atoms with E-state index in [-0.39, 0.29) is 6.04 Å². The number of furan rings is 1. The summed E-state index contributed by atoms with van der Waals surface area (Å²) in [5.41, 5.74) is 3.30. The summed E-state index contributed by atoms with van der Waals surface area (Å²) in [6.07, 6.45) is 1.84. The molecule has 0 saturated carbocycles. The lowest BCUT2D eigenvalue weighted by molar-refractivity contribution is 0.500. The van der Waals surface area contributed by atoms with Gasteiger partial charge in [-0.3, -0.25) is 4.98 Å². The first kappa shape index (κ1) is 12.7. The van der Waals surface area contributed by atoms with E-state index in [0.29, 0.717) is 0 Å². The van der Waals surface area contributed by atoms with Crippen molar-refractivity contribution in [3.8, 4) is 0 Å². The largest absolute Gasteiger partial charge is 0.466 e. The lowest BCUT2D eigenvalue weighted by Crippen LogP contribution is -2.07. The molecule has 3 aromatic rings. The van der Waals surface area contributed by atoms with Gasteiger partial charge in [-0.15, -0.1) is 0 Å². The maximum atomic E-state index is 5.61. The Morgan fingerprint density at radius 3 is 2.70 bits per heavy atom. The van der Waals surface area contributed by atoms with Crippen molar-refractivity contribution in [3.63, 3.8) is 0 Å². The Labute approximate surface area is 118 Å². The van der Waals surface area contributed by atoms with Crippen molar-refractivity contribution in [1.82, 2.24) is 4.98 Å². The maximum Gasteiger partial charge on any atom is 0.106 e. The smallest absolute Gasteiger partial charge is 0.106 e. The highest BCUT2D eigenvalue weighted by atomic mass is 16.3. The molecule has 3 heteroatoms. The number of nitrogens with zero attached hydrogens (tertiary/aromatic N) is 1. The van der Waals surface area contributed by atoms with Gasteiger partial charge in [0.25, 0.3) is 0 Å². The number of hydrogen-bond donors (Lipinski definition) is 1. The summed E-state index contributed by atoms with van der Waals surface area (Å²) in [6.45, 7) is 6.13. The minimum absolute atomic E-state index is 0.193. The van der Waals surface area contributed by atoms with Crippen LogP contribution in [0.4, 0.5) is 5.69 Å². The number of fused-ring (bicyclic) bond motifs is 1. The van der Waals surface area contributed by atoms with E-state index in [4.69, 9.17) is 4.42 Å². The highest BCUT2D eigenvalue weighted by Crippen LogP contribution is 2.28. The van der Waals surface area contributed by atoms with Crippen molar-refractivity contribution in [3.05, 3.63) is 59.7 Å². The second-order valence-electron chi connectivity index (χ2n) is 5.11. The van der Waals surface area contributed by atoms with Crippen LogP contribution in [0.2, 0.25) is 0 Å². The molecule has 1 atom stereocenters. The first-order valence-corrected chi connectivity index (χ1v) is 6.82. The topological polar surface area (TPSA) is 38.1 Å². The van der Waals surface area contributed by atoms with E-state index >= 15 is 0 Å². The fraction of sp³-hybridized carbons (Fsp3) is 0.235. The number of aromatic nitrogens is 1. The molecule has 0 amide bonds. The molecule has 1 aromatic carbocycles. The van der Waals surface area contributed by atoms with E-state index in [9.17, 15) is 0 Å². The molecule has 3 nitrogen and oxygen atoms in total. The van der Waals surface area contributed by atoms with Gasteiger partial charge in [0, 0.05) is 22.8 Å². The molecule has 0 spiro atoms. The zero-order valence-electron chi connectivity index (χ0n) is 12.0. The Kier molecular flexibility index (Phi) is 3.18. The molecule has 2 aromatic heterocycles. The number of rotatable bonds is 3. The summed E-state index contributed by atoms with van der Waals surface area (Å²) in [4.78, 5) is 4.39. The van der Waals surface area contributed by atoms with E-state index < -0.39 is 0 Å². The molecule has 3 rings (SSSR count). The summed E-state index contributed by atoms with van der Waals surface area (Å²) in [5.74, 6) is 1.92.